The number of carbonyl (C=O) groups excluding carboxylic acids is 1. The molecule has 120 valence electrons. The molecule has 0 aromatic heterocycles. The number of nitrogens with zero attached hydrogens (tertiary/aromatic N) is 3. The molecule has 1 aromatic rings. The molecule has 0 unspecified atom stereocenters. The van der Waals surface area contributed by atoms with Crippen molar-refractivity contribution in [2.75, 3.05) is 51.2 Å². The summed E-state index contributed by atoms with van der Waals surface area (Å²) in [4.78, 5) is 28.3. The maximum absolute atomic E-state index is 11.8. The van der Waals surface area contributed by atoms with Gasteiger partial charge in [0.15, 0.2) is 0 Å². The molecule has 0 spiro atoms. The molecule has 0 aliphatic carbocycles. The molecular formula is C16H23N3O3. The first-order valence-electron chi connectivity index (χ1n) is 7.54. The number of aliphatic carboxylic acids is 1. The van der Waals surface area contributed by atoms with E-state index in [-0.39, 0.29) is 12.5 Å². The molecule has 1 fully saturated rings. The van der Waals surface area contributed by atoms with Crippen LogP contribution in [0.2, 0.25) is 0 Å². The summed E-state index contributed by atoms with van der Waals surface area (Å²) in [5.41, 5.74) is 1.24. The molecular weight excluding hydrogens is 282 g/mol. The van der Waals surface area contributed by atoms with Gasteiger partial charge in [-0.15, -0.1) is 0 Å². The Hall–Kier alpha value is -2.08. The number of benzene rings is 1. The van der Waals surface area contributed by atoms with Crippen LogP contribution in [0, 0.1) is 0 Å². The standard InChI is InChI=1S/C16H23N3O3/c1-17(13-16(21)22)15(20)7-8-18-9-11-19(12-10-18)14-5-3-2-4-6-14/h2-6H,7-13H2,1H3,(H,21,22). The molecule has 22 heavy (non-hydrogen) atoms. The number of hydrogen-bond acceptors (Lipinski definition) is 4. The summed E-state index contributed by atoms with van der Waals surface area (Å²) in [5, 5.41) is 8.68. The minimum Gasteiger partial charge on any atom is -0.480 e. The van der Waals surface area contributed by atoms with Crippen molar-refractivity contribution in [3.63, 3.8) is 0 Å². The highest BCUT2D eigenvalue weighted by Gasteiger charge is 2.19. The number of carboxylic acid groups (broad SMARTS) is 1. The Morgan fingerprint density at radius 3 is 2.36 bits per heavy atom. The summed E-state index contributed by atoms with van der Waals surface area (Å²) in [6, 6.07) is 10.3. The van der Waals surface area contributed by atoms with E-state index < -0.39 is 5.97 Å². The quantitative estimate of drug-likeness (QED) is 0.840. The van der Waals surface area contributed by atoms with E-state index in [1.807, 2.05) is 18.2 Å². The Morgan fingerprint density at radius 1 is 1.14 bits per heavy atom. The molecule has 0 bridgehead atoms. The number of amides is 1. The first-order chi connectivity index (χ1) is 10.6. The first kappa shape index (κ1) is 16.3. The van der Waals surface area contributed by atoms with E-state index in [2.05, 4.69) is 21.9 Å². The van der Waals surface area contributed by atoms with Crippen LogP contribution in [-0.2, 0) is 9.59 Å². The van der Waals surface area contributed by atoms with Crippen LogP contribution in [0.4, 0.5) is 5.69 Å². The third-order valence-corrected chi connectivity index (χ3v) is 3.93. The lowest BCUT2D eigenvalue weighted by molar-refractivity contribution is -0.143. The lowest BCUT2D eigenvalue weighted by Gasteiger charge is -2.36. The average Bonchev–Trinajstić information content (AvgIpc) is 2.53. The second kappa shape index (κ2) is 7.79. The molecule has 6 nitrogen and oxygen atoms in total. The predicted molar refractivity (Wildman–Crippen MR) is 85.0 cm³/mol. The van der Waals surface area contributed by atoms with Gasteiger partial charge in [0.25, 0.3) is 0 Å². The normalized spacial score (nSPS) is 15.6. The van der Waals surface area contributed by atoms with Crippen molar-refractivity contribution in [3.8, 4) is 0 Å². The van der Waals surface area contributed by atoms with Crippen molar-refractivity contribution >= 4 is 17.6 Å². The maximum atomic E-state index is 11.8. The molecule has 0 atom stereocenters. The Kier molecular flexibility index (Phi) is 5.77. The molecule has 2 rings (SSSR count). The van der Waals surface area contributed by atoms with Gasteiger partial charge in [-0.1, -0.05) is 18.2 Å². The highest BCUT2D eigenvalue weighted by molar-refractivity contribution is 5.81. The van der Waals surface area contributed by atoms with E-state index in [1.165, 1.54) is 17.6 Å². The van der Waals surface area contributed by atoms with Gasteiger partial charge in [-0.3, -0.25) is 14.5 Å². The SMILES string of the molecule is CN(CC(=O)O)C(=O)CCN1CCN(c2ccccc2)CC1. The summed E-state index contributed by atoms with van der Waals surface area (Å²) >= 11 is 0. The van der Waals surface area contributed by atoms with Crippen LogP contribution in [-0.4, -0.2) is 73.1 Å². The number of carboxylic acids is 1. The second-order valence-corrected chi connectivity index (χ2v) is 5.56. The molecule has 1 saturated heterocycles. The number of anilines is 1. The number of para-hydroxylation sites is 1. The zero-order valence-corrected chi connectivity index (χ0v) is 12.9. The molecule has 1 aromatic carbocycles. The molecule has 1 heterocycles. The minimum atomic E-state index is -0.979. The third kappa shape index (κ3) is 4.73. The number of hydrogen-bond donors (Lipinski definition) is 1. The van der Waals surface area contributed by atoms with Crippen molar-refractivity contribution in [2.24, 2.45) is 0 Å². The Bertz CT molecular complexity index is 499. The zero-order chi connectivity index (χ0) is 15.9. The molecule has 1 amide bonds. The molecule has 1 aliphatic rings. The Balaban J connectivity index is 1.71. The minimum absolute atomic E-state index is 0.118. The first-order valence-corrected chi connectivity index (χ1v) is 7.54. The van der Waals surface area contributed by atoms with Crippen molar-refractivity contribution in [3.05, 3.63) is 30.3 Å². The van der Waals surface area contributed by atoms with Crippen LogP contribution in [0.1, 0.15) is 6.42 Å². The molecule has 1 aliphatic heterocycles. The van der Waals surface area contributed by atoms with Crippen molar-refractivity contribution in [1.29, 1.82) is 0 Å². The van der Waals surface area contributed by atoms with E-state index in [1.54, 1.807) is 0 Å². The van der Waals surface area contributed by atoms with Gasteiger partial charge in [-0.05, 0) is 12.1 Å². The van der Waals surface area contributed by atoms with Gasteiger partial charge in [-0.2, -0.15) is 0 Å². The monoisotopic (exact) mass is 305 g/mol. The van der Waals surface area contributed by atoms with Crippen molar-refractivity contribution in [2.45, 2.75) is 6.42 Å². The van der Waals surface area contributed by atoms with Gasteiger partial charge >= 0.3 is 5.97 Å². The van der Waals surface area contributed by atoms with E-state index in [0.29, 0.717) is 13.0 Å². The summed E-state index contributed by atoms with van der Waals surface area (Å²) in [5.74, 6) is -1.10. The van der Waals surface area contributed by atoms with Gasteiger partial charge in [0.05, 0.1) is 0 Å². The molecule has 6 heteroatoms. The predicted octanol–water partition coefficient (Wildman–Crippen LogP) is 0.742. The van der Waals surface area contributed by atoms with Crippen molar-refractivity contribution in [1.82, 2.24) is 9.80 Å². The summed E-state index contributed by atoms with van der Waals surface area (Å²) < 4.78 is 0. The number of likely N-dealkylation sites (N-methyl/N-ethyl adjacent to an activating group) is 1. The van der Waals surface area contributed by atoms with Crippen LogP contribution in [0.3, 0.4) is 0 Å². The lowest BCUT2D eigenvalue weighted by Crippen LogP contribution is -2.47. The second-order valence-electron chi connectivity index (χ2n) is 5.56. The van der Waals surface area contributed by atoms with Gasteiger partial charge in [0.1, 0.15) is 6.54 Å². The van der Waals surface area contributed by atoms with Crippen LogP contribution >= 0.6 is 0 Å². The van der Waals surface area contributed by atoms with Crippen LogP contribution in [0.5, 0.6) is 0 Å². The number of carbonyl (C=O) groups is 2. The fourth-order valence-electron chi connectivity index (χ4n) is 2.60. The summed E-state index contributed by atoms with van der Waals surface area (Å²) in [7, 11) is 1.53. The number of rotatable bonds is 6. The summed E-state index contributed by atoms with van der Waals surface area (Å²) in [6.07, 6.45) is 0.370. The van der Waals surface area contributed by atoms with E-state index in [9.17, 15) is 9.59 Å². The molecule has 1 N–H and O–H groups in total. The highest BCUT2D eigenvalue weighted by Crippen LogP contribution is 2.15. The largest absolute Gasteiger partial charge is 0.480 e. The smallest absolute Gasteiger partial charge is 0.323 e. The Labute approximate surface area is 130 Å². The lowest BCUT2D eigenvalue weighted by atomic mass is 10.2. The summed E-state index contributed by atoms with van der Waals surface area (Å²) in [6.45, 7) is 4.19. The van der Waals surface area contributed by atoms with Gasteiger partial charge in [0, 0.05) is 51.9 Å². The van der Waals surface area contributed by atoms with Gasteiger partial charge in [-0.25, -0.2) is 0 Å². The van der Waals surface area contributed by atoms with Crippen LogP contribution in [0.15, 0.2) is 30.3 Å². The highest BCUT2D eigenvalue weighted by atomic mass is 16.4. The maximum Gasteiger partial charge on any atom is 0.323 e. The zero-order valence-electron chi connectivity index (χ0n) is 12.9. The topological polar surface area (TPSA) is 64.1 Å². The molecule has 0 saturated carbocycles. The number of piperazine rings is 1. The Morgan fingerprint density at radius 2 is 1.77 bits per heavy atom. The van der Waals surface area contributed by atoms with E-state index >= 15 is 0 Å². The fraction of sp³-hybridized carbons (Fsp3) is 0.500. The van der Waals surface area contributed by atoms with Gasteiger partial charge in [0.2, 0.25) is 5.91 Å². The van der Waals surface area contributed by atoms with Gasteiger partial charge < -0.3 is 14.9 Å². The average molecular weight is 305 g/mol. The van der Waals surface area contributed by atoms with E-state index in [4.69, 9.17) is 5.11 Å². The van der Waals surface area contributed by atoms with Crippen molar-refractivity contribution < 1.29 is 14.7 Å². The van der Waals surface area contributed by atoms with Crippen LogP contribution in [0.25, 0.3) is 0 Å². The van der Waals surface area contributed by atoms with E-state index in [0.717, 1.165) is 26.2 Å². The molecule has 0 radical (unpaired) electrons. The third-order valence-electron chi connectivity index (χ3n) is 3.93. The van der Waals surface area contributed by atoms with Crippen LogP contribution < -0.4 is 4.90 Å². The fourth-order valence-corrected chi connectivity index (χ4v) is 2.60.